The van der Waals surface area contributed by atoms with Crippen molar-refractivity contribution in [2.75, 3.05) is 36.4 Å². The number of piperazine rings is 1. The van der Waals surface area contributed by atoms with Crippen LogP contribution in [0.15, 0.2) is 53.4 Å². The van der Waals surface area contributed by atoms with Gasteiger partial charge in [-0.2, -0.15) is 4.31 Å². The molecule has 1 N–H and O–H groups in total. The molecular formula is C19H22ClN3O3S. The highest BCUT2D eigenvalue weighted by molar-refractivity contribution is 7.89. The minimum atomic E-state index is -3.56. The Labute approximate surface area is 164 Å². The Morgan fingerprint density at radius 3 is 2.33 bits per heavy atom. The molecule has 0 saturated carbocycles. The van der Waals surface area contributed by atoms with Crippen LogP contribution < -0.4 is 10.2 Å². The maximum Gasteiger partial charge on any atom is 0.243 e. The topological polar surface area (TPSA) is 69.7 Å². The lowest BCUT2D eigenvalue weighted by Crippen LogP contribution is -2.48. The van der Waals surface area contributed by atoms with E-state index in [1.54, 1.807) is 19.1 Å². The number of nitrogens with zero attached hydrogens (tertiary/aromatic N) is 2. The SMILES string of the molecule is CCC(=O)Nc1ccc(S(=O)(=O)N2CCN(c3cccc(Cl)c3)CC2)cc1. The summed E-state index contributed by atoms with van der Waals surface area (Å²) in [6.07, 6.45) is 0.372. The van der Waals surface area contributed by atoms with Crippen LogP contribution in [0.3, 0.4) is 0 Å². The van der Waals surface area contributed by atoms with Gasteiger partial charge in [0.25, 0.3) is 0 Å². The molecule has 0 unspecified atom stereocenters. The van der Waals surface area contributed by atoms with Gasteiger partial charge in [0.05, 0.1) is 4.90 Å². The summed E-state index contributed by atoms with van der Waals surface area (Å²) in [5.41, 5.74) is 1.59. The van der Waals surface area contributed by atoms with Gasteiger partial charge in [0.1, 0.15) is 0 Å². The standard InChI is InChI=1S/C19H22ClN3O3S/c1-2-19(24)21-16-6-8-18(9-7-16)27(25,26)23-12-10-22(11-13-23)17-5-3-4-15(20)14-17/h3-9,14H,2,10-13H2,1H3,(H,21,24). The molecule has 0 spiro atoms. The fourth-order valence-corrected chi connectivity index (χ4v) is 4.57. The van der Waals surface area contributed by atoms with Gasteiger partial charge < -0.3 is 10.2 Å². The van der Waals surface area contributed by atoms with Crippen LogP contribution in [0.5, 0.6) is 0 Å². The van der Waals surface area contributed by atoms with Crippen molar-refractivity contribution in [2.24, 2.45) is 0 Å². The summed E-state index contributed by atoms with van der Waals surface area (Å²) in [7, 11) is -3.56. The summed E-state index contributed by atoms with van der Waals surface area (Å²) in [6, 6.07) is 13.9. The number of rotatable bonds is 5. The average Bonchev–Trinajstić information content (AvgIpc) is 2.68. The van der Waals surface area contributed by atoms with Crippen LogP contribution in [0, 0.1) is 0 Å². The van der Waals surface area contributed by atoms with Gasteiger partial charge in [0.2, 0.25) is 15.9 Å². The van der Waals surface area contributed by atoms with Crippen molar-refractivity contribution in [1.29, 1.82) is 0 Å². The maximum absolute atomic E-state index is 12.9. The summed E-state index contributed by atoms with van der Waals surface area (Å²) in [5, 5.41) is 3.38. The molecule has 8 heteroatoms. The van der Waals surface area contributed by atoms with Gasteiger partial charge in [-0.3, -0.25) is 4.79 Å². The predicted octanol–water partition coefficient (Wildman–Crippen LogP) is 3.20. The number of nitrogens with one attached hydrogen (secondary N) is 1. The van der Waals surface area contributed by atoms with Gasteiger partial charge in [-0.05, 0) is 42.5 Å². The zero-order valence-corrected chi connectivity index (χ0v) is 16.6. The molecule has 0 aromatic heterocycles. The summed E-state index contributed by atoms with van der Waals surface area (Å²) >= 11 is 6.04. The summed E-state index contributed by atoms with van der Waals surface area (Å²) in [5.74, 6) is -0.109. The number of benzene rings is 2. The minimum absolute atomic E-state index is 0.109. The van der Waals surface area contributed by atoms with Crippen molar-refractivity contribution in [2.45, 2.75) is 18.2 Å². The molecule has 0 aliphatic carbocycles. The van der Waals surface area contributed by atoms with Crippen molar-refractivity contribution in [3.63, 3.8) is 0 Å². The molecule has 144 valence electrons. The van der Waals surface area contributed by atoms with Gasteiger partial charge >= 0.3 is 0 Å². The Kier molecular flexibility index (Phi) is 6.04. The molecule has 0 atom stereocenters. The number of halogens is 1. The third kappa shape index (κ3) is 4.61. The summed E-state index contributed by atoms with van der Waals surface area (Å²) < 4.78 is 27.2. The Bertz CT molecular complexity index is 908. The normalized spacial score (nSPS) is 15.6. The lowest BCUT2D eigenvalue weighted by atomic mass is 10.2. The number of amides is 1. The zero-order valence-electron chi connectivity index (χ0n) is 15.1. The Balaban J connectivity index is 1.67. The van der Waals surface area contributed by atoms with Gasteiger partial charge in [0.15, 0.2) is 0 Å². The van der Waals surface area contributed by atoms with Gasteiger partial charge in [0, 0.05) is 49.0 Å². The summed E-state index contributed by atoms with van der Waals surface area (Å²) in [4.78, 5) is 13.8. The lowest BCUT2D eigenvalue weighted by molar-refractivity contribution is -0.115. The molecule has 1 fully saturated rings. The zero-order chi connectivity index (χ0) is 19.4. The Morgan fingerprint density at radius 2 is 1.74 bits per heavy atom. The Hall–Kier alpha value is -2.09. The number of carbonyl (C=O) groups is 1. The second-order valence-electron chi connectivity index (χ2n) is 6.30. The van der Waals surface area contributed by atoms with E-state index in [1.165, 1.54) is 16.4 Å². The predicted molar refractivity (Wildman–Crippen MR) is 108 cm³/mol. The first-order valence-electron chi connectivity index (χ1n) is 8.81. The van der Waals surface area contributed by atoms with E-state index in [2.05, 4.69) is 10.2 Å². The second-order valence-corrected chi connectivity index (χ2v) is 8.67. The van der Waals surface area contributed by atoms with Crippen LogP contribution in [0.1, 0.15) is 13.3 Å². The lowest BCUT2D eigenvalue weighted by Gasteiger charge is -2.35. The molecule has 1 aliphatic rings. The number of sulfonamides is 1. The Morgan fingerprint density at radius 1 is 1.07 bits per heavy atom. The number of carbonyl (C=O) groups excluding carboxylic acids is 1. The first-order chi connectivity index (χ1) is 12.9. The smallest absolute Gasteiger partial charge is 0.243 e. The number of anilines is 2. The molecule has 2 aromatic carbocycles. The van der Waals surface area contributed by atoms with Crippen molar-refractivity contribution in [3.8, 4) is 0 Å². The number of hydrogen-bond acceptors (Lipinski definition) is 4. The van der Waals surface area contributed by atoms with Crippen molar-refractivity contribution < 1.29 is 13.2 Å². The molecule has 1 amide bonds. The minimum Gasteiger partial charge on any atom is -0.369 e. The molecule has 3 rings (SSSR count). The van der Waals surface area contributed by atoms with E-state index in [9.17, 15) is 13.2 Å². The van der Waals surface area contributed by atoms with E-state index in [0.717, 1.165) is 5.69 Å². The van der Waals surface area contributed by atoms with Crippen LogP contribution in [0.2, 0.25) is 5.02 Å². The van der Waals surface area contributed by atoms with Crippen LogP contribution >= 0.6 is 11.6 Å². The van der Waals surface area contributed by atoms with E-state index < -0.39 is 10.0 Å². The quantitative estimate of drug-likeness (QED) is 0.826. The molecule has 1 aliphatic heterocycles. The highest BCUT2D eigenvalue weighted by atomic mass is 35.5. The highest BCUT2D eigenvalue weighted by Crippen LogP contribution is 2.24. The van der Waals surface area contributed by atoms with Gasteiger partial charge in [-0.25, -0.2) is 8.42 Å². The van der Waals surface area contributed by atoms with Crippen LogP contribution in [0.4, 0.5) is 11.4 Å². The second kappa shape index (κ2) is 8.29. The first kappa shape index (κ1) is 19.7. The molecule has 2 aromatic rings. The van der Waals surface area contributed by atoms with Gasteiger partial charge in [-0.1, -0.05) is 24.6 Å². The third-order valence-electron chi connectivity index (χ3n) is 4.51. The maximum atomic E-state index is 12.9. The largest absolute Gasteiger partial charge is 0.369 e. The number of hydrogen-bond donors (Lipinski definition) is 1. The van der Waals surface area contributed by atoms with Gasteiger partial charge in [-0.15, -0.1) is 0 Å². The van der Waals surface area contributed by atoms with Crippen molar-refractivity contribution in [3.05, 3.63) is 53.6 Å². The van der Waals surface area contributed by atoms with E-state index >= 15 is 0 Å². The van der Waals surface area contributed by atoms with Crippen LogP contribution in [-0.4, -0.2) is 44.8 Å². The van der Waals surface area contributed by atoms with Crippen molar-refractivity contribution in [1.82, 2.24) is 4.31 Å². The fourth-order valence-electron chi connectivity index (χ4n) is 2.97. The van der Waals surface area contributed by atoms with E-state index in [0.29, 0.717) is 43.3 Å². The molecular weight excluding hydrogens is 386 g/mol. The summed E-state index contributed by atoms with van der Waals surface area (Å²) in [6.45, 7) is 3.78. The van der Waals surface area contributed by atoms with E-state index in [-0.39, 0.29) is 10.8 Å². The van der Waals surface area contributed by atoms with E-state index in [4.69, 9.17) is 11.6 Å². The molecule has 0 bridgehead atoms. The molecule has 0 radical (unpaired) electrons. The first-order valence-corrected chi connectivity index (χ1v) is 10.6. The monoisotopic (exact) mass is 407 g/mol. The highest BCUT2D eigenvalue weighted by Gasteiger charge is 2.28. The fraction of sp³-hybridized carbons (Fsp3) is 0.316. The average molecular weight is 408 g/mol. The third-order valence-corrected chi connectivity index (χ3v) is 6.66. The van der Waals surface area contributed by atoms with Crippen LogP contribution in [-0.2, 0) is 14.8 Å². The molecule has 1 saturated heterocycles. The van der Waals surface area contributed by atoms with Crippen LogP contribution in [0.25, 0.3) is 0 Å². The molecule has 6 nitrogen and oxygen atoms in total. The van der Waals surface area contributed by atoms with E-state index in [1.807, 2.05) is 24.3 Å². The molecule has 27 heavy (non-hydrogen) atoms. The molecule has 1 heterocycles. The van der Waals surface area contributed by atoms with Crippen molar-refractivity contribution >= 4 is 38.9 Å².